The molecule has 0 saturated carbocycles. The smallest absolute Gasteiger partial charge is 0.150 e. The number of nitrogens with zero attached hydrogens (tertiary/aromatic N) is 1. The second-order valence-corrected chi connectivity index (χ2v) is 3.11. The Bertz CT molecular complexity index is 378. The maximum absolute atomic E-state index is 5.27. The van der Waals surface area contributed by atoms with Gasteiger partial charge in [0.25, 0.3) is 0 Å². The Labute approximate surface area is 81.9 Å². The van der Waals surface area contributed by atoms with Crippen molar-refractivity contribution >= 4 is 0 Å². The van der Waals surface area contributed by atoms with Crippen LogP contribution in [0.25, 0.3) is 0 Å². The highest BCUT2D eigenvalue weighted by Crippen LogP contribution is 2.08. The van der Waals surface area contributed by atoms with Crippen molar-refractivity contribution in [1.29, 1.82) is 0 Å². The fourth-order valence-corrected chi connectivity index (χ4v) is 1.22. The van der Waals surface area contributed by atoms with Gasteiger partial charge >= 0.3 is 0 Å². The number of nitrogens with one attached hydrogen (secondary N) is 1. The van der Waals surface area contributed by atoms with E-state index in [0.29, 0.717) is 13.1 Å². The lowest BCUT2D eigenvalue weighted by atomic mass is 10.3. The minimum absolute atomic E-state index is 0.667. The minimum atomic E-state index is 0.667. The van der Waals surface area contributed by atoms with Crippen molar-refractivity contribution in [1.82, 2.24) is 10.5 Å². The van der Waals surface area contributed by atoms with E-state index in [4.69, 9.17) is 8.94 Å². The largest absolute Gasteiger partial charge is 0.468 e. The van der Waals surface area contributed by atoms with Gasteiger partial charge < -0.3 is 14.3 Å². The highest BCUT2D eigenvalue weighted by atomic mass is 16.5. The van der Waals surface area contributed by atoms with E-state index in [2.05, 4.69) is 10.5 Å². The van der Waals surface area contributed by atoms with E-state index in [1.54, 1.807) is 12.5 Å². The van der Waals surface area contributed by atoms with Crippen molar-refractivity contribution in [3.8, 4) is 0 Å². The molecule has 74 valence electrons. The molecule has 2 heterocycles. The number of aryl methyl sites for hydroxylation is 1. The topological polar surface area (TPSA) is 51.2 Å². The molecule has 0 spiro atoms. The number of hydrogen-bond donors (Lipinski definition) is 1. The number of furan rings is 1. The molecule has 0 aliphatic rings. The van der Waals surface area contributed by atoms with Gasteiger partial charge in [-0.15, -0.1) is 0 Å². The van der Waals surface area contributed by atoms with Crippen LogP contribution in [-0.2, 0) is 13.1 Å². The van der Waals surface area contributed by atoms with E-state index in [9.17, 15) is 0 Å². The summed E-state index contributed by atoms with van der Waals surface area (Å²) in [6.07, 6.45) is 3.33. The first-order chi connectivity index (χ1) is 6.86. The van der Waals surface area contributed by atoms with Crippen LogP contribution in [0.3, 0.4) is 0 Å². The maximum Gasteiger partial charge on any atom is 0.150 e. The molecular formula is C10H12N2O2. The minimum Gasteiger partial charge on any atom is -0.468 e. The zero-order valence-electron chi connectivity index (χ0n) is 7.99. The molecule has 0 aliphatic heterocycles. The summed E-state index contributed by atoms with van der Waals surface area (Å²) in [5, 5.41) is 6.82. The third-order valence-corrected chi connectivity index (χ3v) is 2.04. The standard InChI is InChI=1S/C10H12N2O2/c1-8-3-5-13-10(8)7-11-6-9-2-4-12-14-9/h2-5,11H,6-7H2,1H3. The quantitative estimate of drug-likeness (QED) is 0.803. The van der Waals surface area contributed by atoms with Crippen molar-refractivity contribution < 1.29 is 8.94 Å². The van der Waals surface area contributed by atoms with Crippen molar-refractivity contribution in [2.45, 2.75) is 20.0 Å². The van der Waals surface area contributed by atoms with Crippen LogP contribution in [0.2, 0.25) is 0 Å². The van der Waals surface area contributed by atoms with Crippen LogP contribution >= 0.6 is 0 Å². The lowest BCUT2D eigenvalue weighted by molar-refractivity contribution is 0.368. The Morgan fingerprint density at radius 1 is 1.36 bits per heavy atom. The lowest BCUT2D eigenvalue weighted by Crippen LogP contribution is -2.12. The van der Waals surface area contributed by atoms with Gasteiger partial charge in [-0.25, -0.2) is 0 Å². The maximum atomic E-state index is 5.27. The molecular weight excluding hydrogens is 180 g/mol. The first-order valence-corrected chi connectivity index (χ1v) is 4.49. The average Bonchev–Trinajstić information content (AvgIpc) is 2.78. The summed E-state index contributed by atoms with van der Waals surface area (Å²) in [7, 11) is 0. The highest BCUT2D eigenvalue weighted by molar-refractivity contribution is 5.14. The summed E-state index contributed by atoms with van der Waals surface area (Å²) < 4.78 is 10.2. The van der Waals surface area contributed by atoms with Crippen LogP contribution in [0, 0.1) is 6.92 Å². The first kappa shape index (κ1) is 9.02. The summed E-state index contributed by atoms with van der Waals surface area (Å²) >= 11 is 0. The molecule has 0 aromatic carbocycles. The highest BCUT2D eigenvalue weighted by Gasteiger charge is 2.01. The predicted molar refractivity (Wildman–Crippen MR) is 50.5 cm³/mol. The number of hydrogen-bond acceptors (Lipinski definition) is 4. The zero-order valence-corrected chi connectivity index (χ0v) is 7.99. The molecule has 0 aliphatic carbocycles. The van der Waals surface area contributed by atoms with Gasteiger partial charge in [0.2, 0.25) is 0 Å². The van der Waals surface area contributed by atoms with Gasteiger partial charge in [0.15, 0.2) is 0 Å². The van der Waals surface area contributed by atoms with Gasteiger partial charge in [-0.1, -0.05) is 5.16 Å². The molecule has 0 atom stereocenters. The van der Waals surface area contributed by atoms with Crippen LogP contribution in [0.1, 0.15) is 17.1 Å². The molecule has 0 bridgehead atoms. The van der Waals surface area contributed by atoms with Gasteiger partial charge in [-0.2, -0.15) is 0 Å². The summed E-state index contributed by atoms with van der Waals surface area (Å²) in [5.41, 5.74) is 1.16. The van der Waals surface area contributed by atoms with Crippen LogP contribution in [0.4, 0.5) is 0 Å². The molecule has 14 heavy (non-hydrogen) atoms. The molecule has 1 N–H and O–H groups in total. The van der Waals surface area contributed by atoms with E-state index >= 15 is 0 Å². The Morgan fingerprint density at radius 3 is 2.93 bits per heavy atom. The molecule has 0 unspecified atom stereocenters. The molecule has 0 radical (unpaired) electrons. The van der Waals surface area contributed by atoms with Crippen LogP contribution in [0.15, 0.2) is 33.5 Å². The molecule has 0 fully saturated rings. The summed E-state index contributed by atoms with van der Waals surface area (Å²) in [6.45, 7) is 3.40. The van der Waals surface area contributed by atoms with E-state index in [1.807, 2.05) is 19.1 Å². The summed E-state index contributed by atoms with van der Waals surface area (Å²) in [4.78, 5) is 0. The van der Waals surface area contributed by atoms with Crippen LogP contribution < -0.4 is 5.32 Å². The molecule has 2 aromatic heterocycles. The molecule has 0 saturated heterocycles. The van der Waals surface area contributed by atoms with Crippen LogP contribution in [0.5, 0.6) is 0 Å². The van der Waals surface area contributed by atoms with Crippen molar-refractivity contribution in [3.63, 3.8) is 0 Å². The molecule has 4 nitrogen and oxygen atoms in total. The summed E-state index contributed by atoms with van der Waals surface area (Å²) in [5.74, 6) is 1.79. The van der Waals surface area contributed by atoms with Crippen LogP contribution in [-0.4, -0.2) is 5.16 Å². The Hall–Kier alpha value is -1.55. The van der Waals surface area contributed by atoms with Crippen molar-refractivity contribution in [2.75, 3.05) is 0 Å². The lowest BCUT2D eigenvalue weighted by Gasteiger charge is -1.99. The van der Waals surface area contributed by atoms with E-state index in [0.717, 1.165) is 17.1 Å². The fraction of sp³-hybridized carbons (Fsp3) is 0.300. The monoisotopic (exact) mass is 192 g/mol. The average molecular weight is 192 g/mol. The van der Waals surface area contributed by atoms with Gasteiger partial charge in [-0.3, -0.25) is 0 Å². The fourth-order valence-electron chi connectivity index (χ4n) is 1.22. The molecule has 4 heteroatoms. The summed E-state index contributed by atoms with van der Waals surface area (Å²) in [6, 6.07) is 3.79. The molecule has 2 aromatic rings. The predicted octanol–water partition coefficient (Wildman–Crippen LogP) is 1.87. The van der Waals surface area contributed by atoms with E-state index < -0.39 is 0 Å². The Morgan fingerprint density at radius 2 is 2.29 bits per heavy atom. The molecule has 2 rings (SSSR count). The SMILES string of the molecule is Cc1ccoc1CNCc1ccno1. The van der Waals surface area contributed by atoms with Crippen molar-refractivity contribution in [3.05, 3.63) is 41.7 Å². The molecule has 0 amide bonds. The Kier molecular flexibility index (Phi) is 2.65. The van der Waals surface area contributed by atoms with Gasteiger partial charge in [-0.05, 0) is 18.6 Å². The zero-order chi connectivity index (χ0) is 9.80. The third kappa shape index (κ3) is 2.03. The second-order valence-electron chi connectivity index (χ2n) is 3.11. The Balaban J connectivity index is 1.81. The van der Waals surface area contributed by atoms with Gasteiger partial charge in [0.05, 0.1) is 25.5 Å². The third-order valence-electron chi connectivity index (χ3n) is 2.04. The van der Waals surface area contributed by atoms with E-state index in [1.165, 1.54) is 0 Å². The normalized spacial score (nSPS) is 10.6. The second kappa shape index (κ2) is 4.11. The van der Waals surface area contributed by atoms with E-state index in [-0.39, 0.29) is 0 Å². The van der Waals surface area contributed by atoms with Gasteiger partial charge in [0.1, 0.15) is 11.5 Å². The van der Waals surface area contributed by atoms with Crippen molar-refractivity contribution in [2.24, 2.45) is 0 Å². The van der Waals surface area contributed by atoms with Gasteiger partial charge in [0, 0.05) is 6.07 Å². The number of rotatable bonds is 4. The first-order valence-electron chi connectivity index (χ1n) is 4.49. The number of aromatic nitrogens is 1.